The molecule has 0 aliphatic carbocycles. The number of amides is 1. The predicted octanol–water partition coefficient (Wildman–Crippen LogP) is 2.84. The second-order valence-corrected chi connectivity index (χ2v) is 6.86. The zero-order valence-electron chi connectivity index (χ0n) is 12.4. The molecule has 1 atom stereocenters. The van der Waals surface area contributed by atoms with E-state index in [1.165, 1.54) is 0 Å². The molecule has 1 amide bonds. The van der Waals surface area contributed by atoms with Crippen LogP contribution in [0.5, 0.6) is 0 Å². The Morgan fingerprint density at radius 2 is 1.82 bits per heavy atom. The van der Waals surface area contributed by atoms with Crippen LogP contribution in [0.15, 0.2) is 0 Å². The molecule has 0 aromatic heterocycles. The van der Waals surface area contributed by atoms with Crippen LogP contribution in [0.2, 0.25) is 0 Å². The smallest absolute Gasteiger partial charge is 0.219 e. The number of piperidine rings is 1. The third kappa shape index (κ3) is 2.49. The normalized spacial score (nSPS) is 29.2. The molecule has 0 N–H and O–H groups in total. The maximum absolute atomic E-state index is 11.6. The molecule has 1 aliphatic heterocycles. The Labute approximate surface area is 106 Å². The van der Waals surface area contributed by atoms with E-state index in [9.17, 15) is 4.79 Å². The first-order chi connectivity index (χ1) is 7.56. The Bertz CT molecular complexity index is 304. The lowest BCUT2D eigenvalue weighted by Crippen LogP contribution is -2.62. The van der Waals surface area contributed by atoms with E-state index < -0.39 is 0 Å². The Balaban J connectivity index is 3.02. The molecule has 0 aromatic rings. The molecular formula is C14H27NO2. The summed E-state index contributed by atoms with van der Waals surface area (Å²) in [6.07, 6.45) is 1.80. The Kier molecular flexibility index (Phi) is 3.64. The Morgan fingerprint density at radius 1 is 1.29 bits per heavy atom. The van der Waals surface area contributed by atoms with Gasteiger partial charge in [0.25, 0.3) is 0 Å². The van der Waals surface area contributed by atoms with Crippen molar-refractivity contribution in [3.8, 4) is 0 Å². The molecule has 1 heterocycles. The molecule has 1 rings (SSSR count). The lowest BCUT2D eigenvalue weighted by molar-refractivity contribution is -0.168. The van der Waals surface area contributed by atoms with Crippen molar-refractivity contribution >= 4 is 5.91 Å². The zero-order chi connectivity index (χ0) is 13.5. The molecule has 0 spiro atoms. The van der Waals surface area contributed by atoms with E-state index in [-0.39, 0.29) is 22.5 Å². The van der Waals surface area contributed by atoms with Crippen molar-refractivity contribution in [2.24, 2.45) is 5.41 Å². The van der Waals surface area contributed by atoms with Crippen molar-refractivity contribution in [2.75, 3.05) is 13.7 Å². The van der Waals surface area contributed by atoms with Crippen molar-refractivity contribution in [2.45, 2.75) is 65.5 Å². The van der Waals surface area contributed by atoms with Gasteiger partial charge in [-0.2, -0.15) is 0 Å². The first kappa shape index (κ1) is 14.5. The topological polar surface area (TPSA) is 29.5 Å². The van der Waals surface area contributed by atoms with Gasteiger partial charge in [0.2, 0.25) is 5.91 Å². The zero-order valence-corrected chi connectivity index (χ0v) is 12.4. The minimum atomic E-state index is -0.136. The molecule has 0 aromatic carbocycles. The van der Waals surface area contributed by atoms with Gasteiger partial charge in [-0.05, 0) is 32.1 Å². The van der Waals surface area contributed by atoms with Crippen LogP contribution in [-0.2, 0) is 9.53 Å². The van der Waals surface area contributed by atoms with Gasteiger partial charge < -0.3 is 9.64 Å². The Hall–Kier alpha value is -0.570. The standard InChI is InChI=1S/C14H27NO2/c1-11(16)15-9-8-14(17-7,12(2,3)4)10-13(15,5)6/h8-10H2,1-7H3. The van der Waals surface area contributed by atoms with Gasteiger partial charge in [0.15, 0.2) is 0 Å². The largest absolute Gasteiger partial charge is 0.378 e. The SMILES string of the molecule is COC1(C(C)(C)C)CCN(C(C)=O)C(C)(C)C1. The van der Waals surface area contributed by atoms with Crippen LogP contribution in [0.4, 0.5) is 0 Å². The first-order valence-corrected chi connectivity index (χ1v) is 6.39. The maximum Gasteiger partial charge on any atom is 0.219 e. The van der Waals surface area contributed by atoms with Crippen molar-refractivity contribution in [1.82, 2.24) is 4.90 Å². The Morgan fingerprint density at radius 3 is 2.12 bits per heavy atom. The number of methoxy groups -OCH3 is 1. The highest BCUT2D eigenvalue weighted by Crippen LogP contribution is 2.46. The number of nitrogens with zero attached hydrogens (tertiary/aromatic N) is 1. The average molecular weight is 241 g/mol. The van der Waals surface area contributed by atoms with Crippen LogP contribution < -0.4 is 0 Å². The molecule has 1 aliphatic rings. The quantitative estimate of drug-likeness (QED) is 0.706. The van der Waals surface area contributed by atoms with E-state index in [0.29, 0.717) is 0 Å². The summed E-state index contributed by atoms with van der Waals surface area (Å²) in [4.78, 5) is 13.6. The van der Waals surface area contributed by atoms with E-state index in [2.05, 4.69) is 34.6 Å². The fourth-order valence-electron chi connectivity index (χ4n) is 3.18. The molecule has 1 fully saturated rings. The van der Waals surface area contributed by atoms with Gasteiger partial charge in [-0.25, -0.2) is 0 Å². The van der Waals surface area contributed by atoms with Gasteiger partial charge in [0.1, 0.15) is 0 Å². The molecule has 3 heteroatoms. The van der Waals surface area contributed by atoms with Crippen LogP contribution in [0.25, 0.3) is 0 Å². The summed E-state index contributed by atoms with van der Waals surface area (Å²) in [5, 5.41) is 0. The van der Waals surface area contributed by atoms with Gasteiger partial charge in [0.05, 0.1) is 5.60 Å². The lowest BCUT2D eigenvalue weighted by atomic mass is 9.66. The van der Waals surface area contributed by atoms with Crippen molar-refractivity contribution < 1.29 is 9.53 Å². The second kappa shape index (κ2) is 4.27. The monoisotopic (exact) mass is 241 g/mol. The minimum absolute atomic E-state index is 0.0852. The molecular weight excluding hydrogens is 214 g/mol. The van der Waals surface area contributed by atoms with Gasteiger partial charge in [-0.3, -0.25) is 4.79 Å². The van der Waals surface area contributed by atoms with Crippen LogP contribution in [0, 0.1) is 5.41 Å². The molecule has 1 unspecified atom stereocenters. The number of rotatable bonds is 1. The second-order valence-electron chi connectivity index (χ2n) is 6.86. The van der Waals surface area contributed by atoms with Crippen molar-refractivity contribution in [1.29, 1.82) is 0 Å². The van der Waals surface area contributed by atoms with Gasteiger partial charge in [-0.1, -0.05) is 20.8 Å². The van der Waals surface area contributed by atoms with E-state index in [0.717, 1.165) is 19.4 Å². The van der Waals surface area contributed by atoms with Gasteiger partial charge in [-0.15, -0.1) is 0 Å². The molecule has 0 radical (unpaired) electrons. The van der Waals surface area contributed by atoms with Crippen LogP contribution >= 0.6 is 0 Å². The van der Waals surface area contributed by atoms with Crippen LogP contribution in [0.1, 0.15) is 54.4 Å². The van der Waals surface area contributed by atoms with Crippen molar-refractivity contribution in [3.63, 3.8) is 0 Å². The lowest BCUT2D eigenvalue weighted by Gasteiger charge is -2.55. The van der Waals surface area contributed by atoms with E-state index in [1.54, 1.807) is 14.0 Å². The predicted molar refractivity (Wildman–Crippen MR) is 69.9 cm³/mol. The molecule has 3 nitrogen and oxygen atoms in total. The highest BCUT2D eigenvalue weighted by atomic mass is 16.5. The summed E-state index contributed by atoms with van der Waals surface area (Å²) in [5.74, 6) is 0.161. The fourth-order valence-corrected chi connectivity index (χ4v) is 3.18. The molecule has 0 saturated carbocycles. The minimum Gasteiger partial charge on any atom is -0.378 e. The van der Waals surface area contributed by atoms with Gasteiger partial charge in [0, 0.05) is 26.1 Å². The molecule has 17 heavy (non-hydrogen) atoms. The van der Waals surface area contributed by atoms with Crippen LogP contribution in [0.3, 0.4) is 0 Å². The molecule has 100 valence electrons. The third-order valence-electron chi connectivity index (χ3n) is 4.33. The van der Waals surface area contributed by atoms with Crippen molar-refractivity contribution in [3.05, 3.63) is 0 Å². The van der Waals surface area contributed by atoms with Gasteiger partial charge >= 0.3 is 0 Å². The van der Waals surface area contributed by atoms with E-state index in [1.807, 2.05) is 4.90 Å². The highest BCUT2D eigenvalue weighted by Gasteiger charge is 2.51. The van der Waals surface area contributed by atoms with E-state index in [4.69, 9.17) is 4.74 Å². The number of hydrogen-bond donors (Lipinski definition) is 0. The van der Waals surface area contributed by atoms with Crippen LogP contribution in [-0.4, -0.2) is 35.6 Å². The average Bonchev–Trinajstić information content (AvgIpc) is 2.13. The van der Waals surface area contributed by atoms with E-state index >= 15 is 0 Å². The molecule has 0 bridgehead atoms. The fraction of sp³-hybridized carbons (Fsp3) is 0.929. The summed E-state index contributed by atoms with van der Waals surface area (Å²) >= 11 is 0. The third-order valence-corrected chi connectivity index (χ3v) is 4.33. The first-order valence-electron chi connectivity index (χ1n) is 6.39. The summed E-state index contributed by atoms with van der Waals surface area (Å²) in [6.45, 7) is 13.4. The molecule has 1 saturated heterocycles. The summed E-state index contributed by atoms with van der Waals surface area (Å²) in [6, 6.07) is 0. The number of ether oxygens (including phenoxy) is 1. The number of likely N-dealkylation sites (tertiary alicyclic amines) is 1. The summed E-state index contributed by atoms with van der Waals surface area (Å²) in [5.41, 5.74) is -0.183. The number of carbonyl (C=O) groups excluding carboxylic acids is 1. The summed E-state index contributed by atoms with van der Waals surface area (Å²) in [7, 11) is 1.80. The summed E-state index contributed by atoms with van der Waals surface area (Å²) < 4.78 is 5.87. The number of carbonyl (C=O) groups is 1. The maximum atomic E-state index is 11.6. The highest BCUT2D eigenvalue weighted by molar-refractivity contribution is 5.74. The number of hydrogen-bond acceptors (Lipinski definition) is 2.